The molecule has 4 nitrogen and oxygen atoms in total. The SMILES string of the molecule is C=CCOc1ccc(/C=N/Nc2nc3ccccc3s2)cc1. The van der Waals surface area contributed by atoms with Crippen LogP contribution in [0.15, 0.2) is 66.3 Å². The van der Waals surface area contributed by atoms with Crippen LogP contribution in [0.2, 0.25) is 0 Å². The third kappa shape index (κ3) is 3.51. The molecule has 0 amide bonds. The molecule has 1 N–H and O–H groups in total. The first-order valence-corrected chi connectivity index (χ1v) is 7.65. The van der Waals surface area contributed by atoms with Crippen molar-refractivity contribution in [2.24, 2.45) is 5.10 Å². The Hall–Kier alpha value is -2.66. The lowest BCUT2D eigenvalue weighted by Crippen LogP contribution is -1.93. The summed E-state index contributed by atoms with van der Waals surface area (Å²) in [6.07, 6.45) is 3.47. The number of benzene rings is 2. The van der Waals surface area contributed by atoms with Crippen molar-refractivity contribution in [3.63, 3.8) is 0 Å². The lowest BCUT2D eigenvalue weighted by molar-refractivity contribution is 0.363. The van der Waals surface area contributed by atoms with Gasteiger partial charge in [-0.05, 0) is 42.0 Å². The summed E-state index contributed by atoms with van der Waals surface area (Å²) in [6.45, 7) is 4.13. The molecule has 0 radical (unpaired) electrons. The second kappa shape index (κ2) is 6.87. The summed E-state index contributed by atoms with van der Waals surface area (Å²) >= 11 is 1.58. The van der Waals surface area contributed by atoms with Crippen molar-refractivity contribution in [2.45, 2.75) is 0 Å². The smallest absolute Gasteiger partial charge is 0.204 e. The molecule has 110 valence electrons. The van der Waals surface area contributed by atoms with Gasteiger partial charge in [-0.3, -0.25) is 5.43 Å². The molecule has 0 fully saturated rings. The third-order valence-corrected chi connectivity index (χ3v) is 3.86. The Kier molecular flexibility index (Phi) is 4.46. The molecule has 2 aromatic carbocycles. The van der Waals surface area contributed by atoms with E-state index in [0.29, 0.717) is 6.61 Å². The van der Waals surface area contributed by atoms with Crippen molar-refractivity contribution in [1.29, 1.82) is 0 Å². The van der Waals surface area contributed by atoms with Crippen molar-refractivity contribution >= 4 is 32.9 Å². The van der Waals surface area contributed by atoms with Crippen LogP contribution in [0, 0.1) is 0 Å². The van der Waals surface area contributed by atoms with Crippen molar-refractivity contribution in [2.75, 3.05) is 12.0 Å². The molecule has 1 heterocycles. The maximum Gasteiger partial charge on any atom is 0.204 e. The average molecular weight is 309 g/mol. The molecule has 5 heteroatoms. The van der Waals surface area contributed by atoms with E-state index in [1.807, 2.05) is 48.5 Å². The van der Waals surface area contributed by atoms with E-state index < -0.39 is 0 Å². The first-order chi connectivity index (χ1) is 10.8. The average Bonchev–Trinajstić information content (AvgIpc) is 2.97. The second-order valence-corrected chi connectivity index (χ2v) is 5.56. The fourth-order valence-electron chi connectivity index (χ4n) is 1.89. The van der Waals surface area contributed by atoms with Gasteiger partial charge < -0.3 is 4.74 Å². The van der Waals surface area contributed by atoms with Gasteiger partial charge in [0.25, 0.3) is 0 Å². The maximum atomic E-state index is 5.43. The highest BCUT2D eigenvalue weighted by molar-refractivity contribution is 7.22. The number of anilines is 1. The van der Waals surface area contributed by atoms with Crippen LogP contribution < -0.4 is 10.2 Å². The number of fused-ring (bicyclic) bond motifs is 1. The van der Waals surface area contributed by atoms with Crippen LogP contribution in [0.4, 0.5) is 5.13 Å². The molecule has 22 heavy (non-hydrogen) atoms. The van der Waals surface area contributed by atoms with Gasteiger partial charge in [-0.2, -0.15) is 5.10 Å². The van der Waals surface area contributed by atoms with Crippen molar-refractivity contribution in [3.8, 4) is 5.75 Å². The number of hydrazone groups is 1. The largest absolute Gasteiger partial charge is 0.490 e. The topological polar surface area (TPSA) is 46.5 Å². The van der Waals surface area contributed by atoms with Crippen LogP contribution in [0.25, 0.3) is 10.2 Å². The molecule has 0 saturated carbocycles. The third-order valence-electron chi connectivity index (χ3n) is 2.92. The normalized spacial score (nSPS) is 10.9. The zero-order chi connectivity index (χ0) is 15.2. The minimum Gasteiger partial charge on any atom is -0.490 e. The van der Waals surface area contributed by atoms with Gasteiger partial charge in [0.1, 0.15) is 12.4 Å². The van der Waals surface area contributed by atoms with E-state index in [2.05, 4.69) is 22.1 Å². The van der Waals surface area contributed by atoms with Crippen molar-refractivity contribution in [1.82, 2.24) is 4.98 Å². The summed E-state index contributed by atoms with van der Waals surface area (Å²) < 4.78 is 6.57. The molecule has 0 bridgehead atoms. The van der Waals surface area contributed by atoms with Crippen LogP contribution >= 0.6 is 11.3 Å². The number of thiazole rings is 1. The van der Waals surface area contributed by atoms with Crippen LogP contribution in [0.5, 0.6) is 5.75 Å². The Morgan fingerprint density at radius 1 is 1.18 bits per heavy atom. The zero-order valence-corrected chi connectivity index (χ0v) is 12.7. The van der Waals surface area contributed by atoms with Gasteiger partial charge >= 0.3 is 0 Å². The van der Waals surface area contributed by atoms with Crippen molar-refractivity contribution < 1.29 is 4.74 Å². The summed E-state index contributed by atoms with van der Waals surface area (Å²) in [5.41, 5.74) is 4.93. The Labute approximate surface area is 132 Å². The van der Waals surface area contributed by atoms with Gasteiger partial charge in [-0.25, -0.2) is 4.98 Å². The van der Waals surface area contributed by atoms with Crippen LogP contribution in [-0.2, 0) is 0 Å². The molecule has 0 aliphatic heterocycles. The fraction of sp³-hybridized carbons (Fsp3) is 0.0588. The lowest BCUT2D eigenvalue weighted by atomic mass is 10.2. The fourth-order valence-corrected chi connectivity index (χ4v) is 2.70. The van der Waals surface area contributed by atoms with Gasteiger partial charge in [0.15, 0.2) is 0 Å². The minimum absolute atomic E-state index is 0.507. The molecule has 0 aliphatic rings. The highest BCUT2D eigenvalue weighted by Crippen LogP contribution is 2.25. The molecule has 0 spiro atoms. The number of hydrogen-bond acceptors (Lipinski definition) is 5. The highest BCUT2D eigenvalue weighted by atomic mass is 32.1. The van der Waals surface area contributed by atoms with Gasteiger partial charge in [0.2, 0.25) is 5.13 Å². The number of aromatic nitrogens is 1. The molecule has 3 rings (SSSR count). The van der Waals surface area contributed by atoms with E-state index in [9.17, 15) is 0 Å². The number of ether oxygens (including phenoxy) is 1. The number of para-hydroxylation sites is 1. The molecular weight excluding hydrogens is 294 g/mol. The Morgan fingerprint density at radius 2 is 2.00 bits per heavy atom. The van der Waals surface area contributed by atoms with E-state index >= 15 is 0 Å². The van der Waals surface area contributed by atoms with E-state index in [1.54, 1.807) is 23.6 Å². The van der Waals surface area contributed by atoms with E-state index in [4.69, 9.17) is 4.74 Å². The van der Waals surface area contributed by atoms with Crippen LogP contribution in [0.1, 0.15) is 5.56 Å². The van der Waals surface area contributed by atoms with Crippen LogP contribution in [-0.4, -0.2) is 17.8 Å². The van der Waals surface area contributed by atoms with Crippen LogP contribution in [0.3, 0.4) is 0 Å². The Bertz CT molecular complexity index is 760. The van der Waals surface area contributed by atoms with Gasteiger partial charge in [-0.15, -0.1) is 0 Å². The predicted molar refractivity (Wildman–Crippen MR) is 93.0 cm³/mol. The predicted octanol–water partition coefficient (Wildman–Crippen LogP) is 4.31. The zero-order valence-electron chi connectivity index (χ0n) is 11.9. The first-order valence-electron chi connectivity index (χ1n) is 6.83. The highest BCUT2D eigenvalue weighted by Gasteiger charge is 2.00. The maximum absolute atomic E-state index is 5.43. The number of rotatable bonds is 6. The van der Waals surface area contributed by atoms with Crippen molar-refractivity contribution in [3.05, 3.63) is 66.7 Å². The molecule has 0 aliphatic carbocycles. The number of nitrogens with zero attached hydrogens (tertiary/aromatic N) is 2. The van der Waals surface area contributed by atoms with Gasteiger partial charge in [0.05, 0.1) is 16.4 Å². The Balaban J connectivity index is 1.62. The second-order valence-electron chi connectivity index (χ2n) is 4.53. The summed E-state index contributed by atoms with van der Waals surface area (Å²) in [7, 11) is 0. The quantitative estimate of drug-likeness (QED) is 0.419. The molecule has 3 aromatic rings. The number of nitrogens with one attached hydrogen (secondary N) is 1. The minimum atomic E-state index is 0.507. The first kappa shape index (κ1) is 14.3. The van der Waals surface area contributed by atoms with E-state index in [0.717, 1.165) is 26.7 Å². The van der Waals surface area contributed by atoms with Gasteiger partial charge in [0, 0.05) is 0 Å². The summed E-state index contributed by atoms with van der Waals surface area (Å²) in [5, 5.41) is 5.00. The standard InChI is InChI=1S/C17H15N3OS/c1-2-11-21-14-9-7-13(8-10-14)12-18-20-17-19-15-5-3-4-6-16(15)22-17/h2-10,12H,1,11H2,(H,19,20)/b18-12+. The molecule has 0 unspecified atom stereocenters. The molecule has 1 aromatic heterocycles. The van der Waals surface area contributed by atoms with E-state index in [1.165, 1.54) is 0 Å². The number of hydrogen-bond donors (Lipinski definition) is 1. The molecule has 0 atom stereocenters. The summed E-state index contributed by atoms with van der Waals surface area (Å²) in [5.74, 6) is 0.816. The summed E-state index contributed by atoms with van der Waals surface area (Å²) in [6, 6.07) is 15.7. The van der Waals surface area contributed by atoms with E-state index in [-0.39, 0.29) is 0 Å². The lowest BCUT2D eigenvalue weighted by Gasteiger charge is -2.02. The molecule has 0 saturated heterocycles. The Morgan fingerprint density at radius 3 is 2.77 bits per heavy atom. The monoisotopic (exact) mass is 309 g/mol. The summed E-state index contributed by atoms with van der Waals surface area (Å²) in [4.78, 5) is 4.46. The molecular formula is C17H15N3OS. The van der Waals surface area contributed by atoms with Gasteiger partial charge in [-0.1, -0.05) is 36.1 Å².